The van der Waals surface area contributed by atoms with Crippen LogP contribution in [-0.2, 0) is 6.54 Å². The summed E-state index contributed by atoms with van der Waals surface area (Å²) in [6.07, 6.45) is 2.53. The molecule has 0 saturated heterocycles. The predicted molar refractivity (Wildman–Crippen MR) is 77.9 cm³/mol. The summed E-state index contributed by atoms with van der Waals surface area (Å²) < 4.78 is 14.9. The van der Waals surface area contributed by atoms with Gasteiger partial charge < -0.3 is 5.11 Å². The Labute approximate surface area is 120 Å². The molecular weight excluding hydrogens is 275 g/mol. The van der Waals surface area contributed by atoms with E-state index in [0.29, 0.717) is 6.42 Å². The van der Waals surface area contributed by atoms with E-state index in [1.165, 1.54) is 18.2 Å². The largest absolute Gasteiger partial charge is 0.494 e. The molecule has 0 amide bonds. The number of nitrogens with one attached hydrogen (secondary N) is 1. The van der Waals surface area contributed by atoms with Gasteiger partial charge in [-0.05, 0) is 12.5 Å². The summed E-state index contributed by atoms with van der Waals surface area (Å²) in [5.41, 5.74) is -1.73. The summed E-state index contributed by atoms with van der Waals surface area (Å²) in [4.78, 5) is 25.8. The lowest BCUT2D eigenvalue weighted by Gasteiger charge is -2.11. The van der Waals surface area contributed by atoms with Crippen molar-refractivity contribution in [3.63, 3.8) is 0 Å². The molecule has 1 aromatic carbocycles. The van der Waals surface area contributed by atoms with Gasteiger partial charge in [0.25, 0.3) is 5.56 Å². The number of benzene rings is 1. The number of hydrogen-bond acceptors (Lipinski definition) is 3. The molecule has 0 atom stereocenters. The zero-order valence-electron chi connectivity index (χ0n) is 11.7. The molecular formula is C15H17FN2O3. The topological polar surface area (TPSA) is 75.1 Å². The lowest BCUT2D eigenvalue weighted by atomic mass is 10.1. The number of aromatic nitrogens is 2. The first-order chi connectivity index (χ1) is 10.1. The SMILES string of the molecule is CCCCCn1c(O)c(-c2ccccc2F)c(=O)[nH]c1=O. The lowest BCUT2D eigenvalue weighted by molar-refractivity contribution is 0.396. The minimum absolute atomic E-state index is 0.0273. The number of aromatic amines is 1. The van der Waals surface area contributed by atoms with E-state index >= 15 is 0 Å². The summed E-state index contributed by atoms with van der Waals surface area (Å²) in [6, 6.07) is 5.63. The van der Waals surface area contributed by atoms with E-state index in [-0.39, 0.29) is 17.7 Å². The number of H-pyrrole nitrogens is 1. The fourth-order valence-electron chi connectivity index (χ4n) is 2.19. The lowest BCUT2D eigenvalue weighted by Crippen LogP contribution is -2.31. The summed E-state index contributed by atoms with van der Waals surface area (Å²) >= 11 is 0. The van der Waals surface area contributed by atoms with Crippen LogP contribution in [-0.4, -0.2) is 14.7 Å². The van der Waals surface area contributed by atoms with Crippen LogP contribution in [0.4, 0.5) is 4.39 Å². The maximum absolute atomic E-state index is 13.8. The van der Waals surface area contributed by atoms with Gasteiger partial charge in [-0.3, -0.25) is 14.3 Å². The van der Waals surface area contributed by atoms with E-state index < -0.39 is 22.9 Å². The zero-order valence-corrected chi connectivity index (χ0v) is 11.7. The van der Waals surface area contributed by atoms with Crippen LogP contribution >= 0.6 is 0 Å². The van der Waals surface area contributed by atoms with Crippen molar-refractivity contribution < 1.29 is 9.50 Å². The highest BCUT2D eigenvalue weighted by Gasteiger charge is 2.18. The van der Waals surface area contributed by atoms with Crippen molar-refractivity contribution in [1.82, 2.24) is 9.55 Å². The van der Waals surface area contributed by atoms with Crippen molar-refractivity contribution in [2.75, 3.05) is 0 Å². The van der Waals surface area contributed by atoms with Crippen LogP contribution in [0.2, 0.25) is 0 Å². The molecule has 0 aliphatic heterocycles. The average Bonchev–Trinajstić information content (AvgIpc) is 2.44. The third-order valence-electron chi connectivity index (χ3n) is 3.30. The summed E-state index contributed by atoms with van der Waals surface area (Å²) in [5, 5.41) is 10.2. The monoisotopic (exact) mass is 292 g/mol. The highest BCUT2D eigenvalue weighted by atomic mass is 19.1. The van der Waals surface area contributed by atoms with E-state index in [0.717, 1.165) is 17.4 Å². The Kier molecular flexibility index (Phi) is 4.57. The van der Waals surface area contributed by atoms with Crippen LogP contribution in [0.1, 0.15) is 26.2 Å². The van der Waals surface area contributed by atoms with Crippen LogP contribution in [0.25, 0.3) is 11.1 Å². The molecule has 1 heterocycles. The first kappa shape index (κ1) is 15.0. The summed E-state index contributed by atoms with van der Waals surface area (Å²) in [7, 11) is 0. The molecule has 0 radical (unpaired) electrons. The minimum atomic E-state index is -0.797. The van der Waals surface area contributed by atoms with Gasteiger partial charge in [-0.15, -0.1) is 0 Å². The Hall–Kier alpha value is -2.37. The minimum Gasteiger partial charge on any atom is -0.494 e. The Bertz CT molecular complexity index is 749. The van der Waals surface area contributed by atoms with Crippen molar-refractivity contribution in [1.29, 1.82) is 0 Å². The first-order valence-corrected chi connectivity index (χ1v) is 6.87. The molecule has 112 valence electrons. The second-order valence-electron chi connectivity index (χ2n) is 4.80. The number of halogens is 1. The molecule has 21 heavy (non-hydrogen) atoms. The maximum Gasteiger partial charge on any atom is 0.331 e. The molecule has 0 saturated carbocycles. The van der Waals surface area contributed by atoms with Crippen LogP contribution < -0.4 is 11.2 Å². The Morgan fingerprint density at radius 2 is 1.95 bits per heavy atom. The fourth-order valence-corrected chi connectivity index (χ4v) is 2.19. The van der Waals surface area contributed by atoms with E-state index in [4.69, 9.17) is 0 Å². The molecule has 1 aromatic heterocycles. The van der Waals surface area contributed by atoms with Gasteiger partial charge in [0.15, 0.2) is 0 Å². The van der Waals surface area contributed by atoms with Crippen LogP contribution in [0.5, 0.6) is 5.88 Å². The van der Waals surface area contributed by atoms with E-state index in [1.54, 1.807) is 6.07 Å². The number of unbranched alkanes of at least 4 members (excludes halogenated alkanes) is 2. The molecule has 0 fully saturated rings. The van der Waals surface area contributed by atoms with Crippen molar-refractivity contribution in [3.8, 4) is 17.0 Å². The quantitative estimate of drug-likeness (QED) is 0.830. The second-order valence-corrected chi connectivity index (χ2v) is 4.80. The maximum atomic E-state index is 13.8. The molecule has 0 aliphatic rings. The van der Waals surface area contributed by atoms with Gasteiger partial charge in [-0.2, -0.15) is 0 Å². The van der Waals surface area contributed by atoms with Crippen molar-refractivity contribution in [2.24, 2.45) is 0 Å². The van der Waals surface area contributed by atoms with Gasteiger partial charge in [0.05, 0.1) is 0 Å². The third kappa shape index (κ3) is 3.04. The number of nitrogens with zero attached hydrogens (tertiary/aromatic N) is 1. The van der Waals surface area contributed by atoms with Crippen molar-refractivity contribution >= 4 is 0 Å². The molecule has 2 rings (SSSR count). The summed E-state index contributed by atoms with van der Waals surface area (Å²) in [6.45, 7) is 2.29. The Morgan fingerprint density at radius 3 is 2.62 bits per heavy atom. The molecule has 5 nitrogen and oxygen atoms in total. The fraction of sp³-hybridized carbons (Fsp3) is 0.333. The van der Waals surface area contributed by atoms with E-state index in [1.807, 2.05) is 6.92 Å². The highest BCUT2D eigenvalue weighted by molar-refractivity contribution is 5.67. The van der Waals surface area contributed by atoms with Crippen molar-refractivity contribution in [2.45, 2.75) is 32.7 Å². The second kappa shape index (κ2) is 6.39. The Morgan fingerprint density at radius 1 is 1.24 bits per heavy atom. The third-order valence-corrected chi connectivity index (χ3v) is 3.30. The number of aromatic hydroxyl groups is 1. The zero-order chi connectivity index (χ0) is 15.4. The molecule has 0 spiro atoms. The standard InChI is InChI=1S/C15H17FN2O3/c1-2-3-6-9-18-14(20)12(13(19)17-15(18)21)10-7-4-5-8-11(10)16/h4-5,7-8,20H,2-3,6,9H2,1H3,(H,17,19,21). The van der Waals surface area contributed by atoms with Gasteiger partial charge in [0.1, 0.15) is 11.4 Å². The Balaban J connectivity index is 2.57. The molecule has 0 unspecified atom stereocenters. The first-order valence-electron chi connectivity index (χ1n) is 6.87. The van der Waals surface area contributed by atoms with E-state index in [9.17, 15) is 19.1 Å². The van der Waals surface area contributed by atoms with Crippen LogP contribution in [0.15, 0.2) is 33.9 Å². The van der Waals surface area contributed by atoms with Crippen molar-refractivity contribution in [3.05, 3.63) is 50.9 Å². The van der Waals surface area contributed by atoms with E-state index in [2.05, 4.69) is 4.98 Å². The summed E-state index contributed by atoms with van der Waals surface area (Å²) in [5.74, 6) is -1.12. The van der Waals surface area contributed by atoms with Crippen LogP contribution in [0.3, 0.4) is 0 Å². The highest BCUT2D eigenvalue weighted by Crippen LogP contribution is 2.26. The normalized spacial score (nSPS) is 10.8. The molecule has 6 heteroatoms. The van der Waals surface area contributed by atoms with Gasteiger partial charge in [0.2, 0.25) is 5.88 Å². The molecule has 0 aliphatic carbocycles. The predicted octanol–water partition coefficient (Wildman–Crippen LogP) is 2.24. The van der Waals surface area contributed by atoms with Crippen LogP contribution in [0, 0.1) is 5.82 Å². The molecule has 0 bridgehead atoms. The van der Waals surface area contributed by atoms with Gasteiger partial charge >= 0.3 is 5.69 Å². The average molecular weight is 292 g/mol. The smallest absolute Gasteiger partial charge is 0.331 e. The molecule has 2 N–H and O–H groups in total. The van der Waals surface area contributed by atoms with Gasteiger partial charge in [-0.25, -0.2) is 9.18 Å². The van der Waals surface area contributed by atoms with Gasteiger partial charge in [-0.1, -0.05) is 38.0 Å². The van der Waals surface area contributed by atoms with Gasteiger partial charge in [0, 0.05) is 12.1 Å². The number of rotatable bonds is 5. The number of hydrogen-bond donors (Lipinski definition) is 2. The molecule has 2 aromatic rings.